The minimum absolute atomic E-state index is 0.605. The van der Waals surface area contributed by atoms with Crippen molar-refractivity contribution in [2.24, 2.45) is 5.73 Å². The van der Waals surface area contributed by atoms with Gasteiger partial charge in [-0.2, -0.15) is 0 Å². The molecule has 0 radical (unpaired) electrons. The van der Waals surface area contributed by atoms with Crippen LogP contribution in [0.5, 0.6) is 11.5 Å². The Morgan fingerprint density at radius 1 is 1.19 bits per heavy atom. The van der Waals surface area contributed by atoms with Crippen LogP contribution >= 0.6 is 0 Å². The second kappa shape index (κ2) is 4.72. The van der Waals surface area contributed by atoms with Crippen molar-refractivity contribution >= 4 is 0 Å². The Kier molecular flexibility index (Phi) is 3.31. The maximum Gasteiger partial charge on any atom is 0.161 e. The number of hydrogen-bond donors (Lipinski definition) is 1. The molecule has 16 heavy (non-hydrogen) atoms. The maximum atomic E-state index is 5.66. The molecule has 4 heteroatoms. The third-order valence-corrected chi connectivity index (χ3v) is 3.06. The van der Waals surface area contributed by atoms with Crippen LogP contribution in [0.3, 0.4) is 0 Å². The first kappa shape index (κ1) is 11.2. The molecule has 2 rings (SSSR count). The summed E-state index contributed by atoms with van der Waals surface area (Å²) in [6.45, 7) is 2.51. The molecule has 1 aromatic carbocycles. The average Bonchev–Trinajstić information content (AvgIpc) is 2.36. The highest BCUT2D eigenvalue weighted by molar-refractivity contribution is 5.48. The fourth-order valence-electron chi connectivity index (χ4n) is 2.10. The summed E-state index contributed by atoms with van der Waals surface area (Å²) in [4.78, 5) is 2.22. The van der Waals surface area contributed by atoms with Crippen LogP contribution < -0.4 is 15.2 Å². The van der Waals surface area contributed by atoms with E-state index in [1.807, 2.05) is 0 Å². The van der Waals surface area contributed by atoms with Crippen molar-refractivity contribution in [2.45, 2.75) is 13.0 Å². The molecule has 88 valence electrons. The molecule has 0 saturated heterocycles. The summed E-state index contributed by atoms with van der Waals surface area (Å²) in [6.07, 6.45) is 1.02. The van der Waals surface area contributed by atoms with Crippen molar-refractivity contribution in [2.75, 3.05) is 27.4 Å². The first-order valence-electron chi connectivity index (χ1n) is 5.44. The second-order valence-electron chi connectivity index (χ2n) is 3.96. The van der Waals surface area contributed by atoms with Crippen molar-refractivity contribution in [3.8, 4) is 11.5 Å². The number of benzene rings is 1. The van der Waals surface area contributed by atoms with Crippen LogP contribution in [-0.4, -0.2) is 32.3 Å². The van der Waals surface area contributed by atoms with Gasteiger partial charge in [0.15, 0.2) is 11.5 Å². The molecule has 0 saturated carbocycles. The lowest BCUT2D eigenvalue weighted by atomic mass is 9.99. The fourth-order valence-corrected chi connectivity index (χ4v) is 2.10. The van der Waals surface area contributed by atoms with Crippen LogP contribution in [0.2, 0.25) is 0 Å². The monoisotopic (exact) mass is 222 g/mol. The van der Waals surface area contributed by atoms with Gasteiger partial charge in [-0.3, -0.25) is 4.90 Å². The van der Waals surface area contributed by atoms with Crippen LogP contribution in [0, 0.1) is 0 Å². The molecule has 0 atom stereocenters. The van der Waals surface area contributed by atoms with E-state index in [1.54, 1.807) is 14.2 Å². The van der Waals surface area contributed by atoms with Gasteiger partial charge in [0.1, 0.15) is 0 Å². The van der Waals surface area contributed by atoms with Crippen molar-refractivity contribution in [3.05, 3.63) is 23.3 Å². The van der Waals surface area contributed by atoms with Gasteiger partial charge in [0.25, 0.3) is 0 Å². The van der Waals surface area contributed by atoms with E-state index in [-0.39, 0.29) is 0 Å². The summed E-state index contributed by atoms with van der Waals surface area (Å²) >= 11 is 0. The van der Waals surface area contributed by atoms with Gasteiger partial charge in [-0.15, -0.1) is 0 Å². The van der Waals surface area contributed by atoms with E-state index in [4.69, 9.17) is 15.2 Å². The molecule has 0 bridgehead atoms. The van der Waals surface area contributed by atoms with Gasteiger partial charge in [0.05, 0.1) is 14.2 Å². The predicted octanol–water partition coefficient (Wildman–Crippen LogP) is 0.978. The summed E-state index contributed by atoms with van der Waals surface area (Å²) in [6, 6.07) is 4.12. The number of nitrogens with zero attached hydrogens (tertiary/aromatic N) is 1. The first-order valence-corrected chi connectivity index (χ1v) is 5.44. The fraction of sp³-hybridized carbons (Fsp3) is 0.500. The molecule has 0 fully saturated rings. The Bertz CT molecular complexity index is 380. The van der Waals surface area contributed by atoms with Crippen LogP contribution in [0.15, 0.2) is 12.1 Å². The summed E-state index contributed by atoms with van der Waals surface area (Å²) in [5.74, 6) is 1.60. The zero-order chi connectivity index (χ0) is 11.5. The van der Waals surface area contributed by atoms with Gasteiger partial charge >= 0.3 is 0 Å². The Morgan fingerprint density at radius 2 is 1.81 bits per heavy atom. The van der Waals surface area contributed by atoms with E-state index >= 15 is 0 Å². The molecule has 0 aromatic heterocycles. The van der Waals surface area contributed by atoms with Crippen molar-refractivity contribution in [1.82, 2.24) is 4.90 Å². The summed E-state index contributed by atoms with van der Waals surface area (Å²) < 4.78 is 10.6. The zero-order valence-corrected chi connectivity index (χ0v) is 9.82. The van der Waals surface area contributed by atoms with E-state index in [0.29, 0.717) is 6.67 Å². The molecular weight excluding hydrogens is 204 g/mol. The second-order valence-corrected chi connectivity index (χ2v) is 3.96. The maximum absolute atomic E-state index is 5.66. The number of nitrogens with two attached hydrogens (primary N) is 1. The van der Waals surface area contributed by atoms with Crippen LogP contribution in [0.4, 0.5) is 0 Å². The number of ether oxygens (including phenoxy) is 2. The molecule has 1 aliphatic heterocycles. The lowest BCUT2D eigenvalue weighted by Crippen LogP contribution is -2.35. The first-order chi connectivity index (χ1) is 7.78. The average molecular weight is 222 g/mol. The quantitative estimate of drug-likeness (QED) is 0.828. The minimum atomic E-state index is 0.605. The minimum Gasteiger partial charge on any atom is -0.493 e. The van der Waals surface area contributed by atoms with Crippen molar-refractivity contribution in [1.29, 1.82) is 0 Å². The molecule has 1 heterocycles. The lowest BCUT2D eigenvalue weighted by Gasteiger charge is -2.28. The molecule has 0 unspecified atom stereocenters. The smallest absolute Gasteiger partial charge is 0.161 e. The van der Waals surface area contributed by atoms with Gasteiger partial charge in [-0.1, -0.05) is 0 Å². The molecule has 0 spiro atoms. The van der Waals surface area contributed by atoms with Gasteiger partial charge in [0, 0.05) is 19.8 Å². The largest absolute Gasteiger partial charge is 0.493 e. The Balaban J connectivity index is 2.34. The molecule has 1 aromatic rings. The molecular formula is C12H18N2O2. The number of fused-ring (bicyclic) bond motifs is 1. The highest BCUT2D eigenvalue weighted by Crippen LogP contribution is 2.32. The Labute approximate surface area is 95.9 Å². The summed E-state index contributed by atoms with van der Waals surface area (Å²) in [7, 11) is 3.33. The van der Waals surface area contributed by atoms with Crippen molar-refractivity contribution < 1.29 is 9.47 Å². The summed E-state index contributed by atoms with van der Waals surface area (Å²) in [5, 5.41) is 0. The zero-order valence-electron chi connectivity index (χ0n) is 9.82. The van der Waals surface area contributed by atoms with Crippen molar-refractivity contribution in [3.63, 3.8) is 0 Å². The molecule has 1 aliphatic rings. The standard InChI is InChI=1S/C12H18N2O2/c1-15-11-5-9-3-4-14(8-13)7-10(9)6-12(11)16-2/h5-6H,3-4,7-8,13H2,1-2H3. The van der Waals surface area contributed by atoms with Crippen LogP contribution in [0.25, 0.3) is 0 Å². The predicted molar refractivity (Wildman–Crippen MR) is 62.7 cm³/mol. The molecule has 2 N–H and O–H groups in total. The number of hydrogen-bond acceptors (Lipinski definition) is 4. The van der Waals surface area contributed by atoms with Crippen LogP contribution in [0.1, 0.15) is 11.1 Å². The third kappa shape index (κ3) is 1.99. The Hall–Kier alpha value is -1.26. The normalized spacial score (nSPS) is 15.7. The lowest BCUT2D eigenvalue weighted by molar-refractivity contribution is 0.260. The van der Waals surface area contributed by atoms with Gasteiger partial charge < -0.3 is 15.2 Å². The van der Waals surface area contributed by atoms with E-state index in [0.717, 1.165) is 31.0 Å². The molecule has 0 amide bonds. The van der Waals surface area contributed by atoms with Crippen LogP contribution in [-0.2, 0) is 13.0 Å². The molecule has 0 aliphatic carbocycles. The van der Waals surface area contributed by atoms with Gasteiger partial charge in [-0.05, 0) is 29.7 Å². The number of methoxy groups -OCH3 is 2. The highest BCUT2D eigenvalue weighted by atomic mass is 16.5. The van der Waals surface area contributed by atoms with E-state index < -0.39 is 0 Å². The third-order valence-electron chi connectivity index (χ3n) is 3.06. The van der Waals surface area contributed by atoms with E-state index in [1.165, 1.54) is 11.1 Å². The van der Waals surface area contributed by atoms with E-state index in [2.05, 4.69) is 17.0 Å². The molecule has 4 nitrogen and oxygen atoms in total. The SMILES string of the molecule is COc1cc2c(cc1OC)CN(CN)CC2. The van der Waals surface area contributed by atoms with Gasteiger partial charge in [-0.25, -0.2) is 0 Å². The van der Waals surface area contributed by atoms with Gasteiger partial charge in [0.2, 0.25) is 0 Å². The summed E-state index contributed by atoms with van der Waals surface area (Å²) in [5.41, 5.74) is 8.28. The Morgan fingerprint density at radius 3 is 2.38 bits per heavy atom. The number of rotatable bonds is 3. The topological polar surface area (TPSA) is 47.7 Å². The highest BCUT2D eigenvalue weighted by Gasteiger charge is 2.18. The van der Waals surface area contributed by atoms with E-state index in [9.17, 15) is 0 Å².